The maximum absolute atomic E-state index is 11.9. The molecule has 0 saturated carbocycles. The highest BCUT2D eigenvalue weighted by Crippen LogP contribution is 2.41. The van der Waals surface area contributed by atoms with Gasteiger partial charge in [-0.15, -0.1) is 0 Å². The molecule has 0 atom stereocenters. The molecule has 10 nitrogen and oxygen atoms in total. The monoisotopic (exact) mass is 576 g/mol. The van der Waals surface area contributed by atoms with Crippen LogP contribution in [0.4, 0.5) is 5.82 Å². The first-order valence-electron chi connectivity index (χ1n) is 9.59. The fraction of sp³-hybridized carbons (Fsp3) is 0.389. The molecule has 0 bridgehead atoms. The molecule has 3 aromatic rings. The molecule has 3 N–H and O–H groups in total. The Bertz CT molecular complexity index is 1220. The van der Waals surface area contributed by atoms with Crippen molar-refractivity contribution in [1.82, 2.24) is 24.2 Å². The molecule has 13 heteroatoms. The van der Waals surface area contributed by atoms with Crippen molar-refractivity contribution in [1.29, 1.82) is 0 Å². The highest BCUT2D eigenvalue weighted by atomic mass is 127. The van der Waals surface area contributed by atoms with Crippen molar-refractivity contribution >= 4 is 61.4 Å². The summed E-state index contributed by atoms with van der Waals surface area (Å²) >= 11 is 3.71. The molecule has 0 unspecified atom stereocenters. The van der Waals surface area contributed by atoms with Crippen LogP contribution in [0, 0.1) is 3.57 Å². The summed E-state index contributed by atoms with van der Waals surface area (Å²) in [5, 5.41) is 0.690. The number of rotatable bonds is 9. The van der Waals surface area contributed by atoms with Gasteiger partial charge in [-0.05, 0) is 47.6 Å². The number of nitrogens with one attached hydrogen (secondary N) is 1. The van der Waals surface area contributed by atoms with Crippen molar-refractivity contribution in [3.63, 3.8) is 0 Å². The van der Waals surface area contributed by atoms with Crippen LogP contribution in [-0.2, 0) is 16.6 Å². The minimum Gasteiger partial charge on any atom is -0.454 e. The molecule has 0 spiro atoms. The number of aryl methyl sites for hydroxylation is 1. The number of benzene rings is 1. The van der Waals surface area contributed by atoms with Gasteiger partial charge in [-0.2, -0.15) is 0 Å². The van der Waals surface area contributed by atoms with E-state index >= 15 is 0 Å². The molecule has 0 fully saturated rings. The third-order valence-electron chi connectivity index (χ3n) is 4.51. The van der Waals surface area contributed by atoms with E-state index in [1.807, 2.05) is 23.6 Å². The molecular formula is C18H21IN6O4S2. The number of hydrogen-bond acceptors (Lipinski definition) is 9. The minimum atomic E-state index is -3.24. The topological polar surface area (TPSA) is 134 Å². The Kier molecular flexibility index (Phi) is 6.74. The van der Waals surface area contributed by atoms with E-state index in [0.29, 0.717) is 53.8 Å². The SMILES string of the molecule is CCCS(=O)(=O)NCCCn1c(Sc2cc3c(cc2I)OCO3)nc2c(N)ncnc21. The standard InChI is InChI=1S/C18H21IN6O4S2/c1-2-6-31(26,27)23-4-3-5-25-17-15(16(20)21-9-22-17)24-18(25)30-14-8-13-12(7-11(14)19)28-10-29-13/h7-9,23H,2-6,10H2,1H3,(H2,20,21,22). The number of halogens is 1. The molecule has 4 rings (SSSR count). The molecular weight excluding hydrogens is 555 g/mol. The van der Waals surface area contributed by atoms with Crippen molar-refractivity contribution in [2.45, 2.75) is 36.4 Å². The molecule has 0 amide bonds. The average Bonchev–Trinajstić information content (AvgIpc) is 3.30. The van der Waals surface area contributed by atoms with Gasteiger partial charge in [0.05, 0.1) is 5.75 Å². The highest BCUT2D eigenvalue weighted by molar-refractivity contribution is 14.1. The minimum absolute atomic E-state index is 0.119. The number of nitrogen functional groups attached to an aromatic ring is 1. The van der Waals surface area contributed by atoms with Gasteiger partial charge in [-0.1, -0.05) is 18.7 Å². The van der Waals surface area contributed by atoms with Gasteiger partial charge in [-0.3, -0.25) is 0 Å². The predicted octanol–water partition coefficient (Wildman–Crippen LogP) is 2.61. The Morgan fingerprint density at radius 3 is 2.84 bits per heavy atom. The van der Waals surface area contributed by atoms with E-state index in [4.69, 9.17) is 15.2 Å². The van der Waals surface area contributed by atoms with Crippen molar-refractivity contribution < 1.29 is 17.9 Å². The van der Waals surface area contributed by atoms with Gasteiger partial charge in [0.1, 0.15) is 6.33 Å². The summed E-state index contributed by atoms with van der Waals surface area (Å²) in [6.45, 7) is 2.89. The average molecular weight is 576 g/mol. The molecule has 1 aliphatic heterocycles. The molecule has 166 valence electrons. The number of fused-ring (bicyclic) bond motifs is 2. The number of sulfonamides is 1. The van der Waals surface area contributed by atoms with Crippen LogP contribution < -0.4 is 19.9 Å². The largest absolute Gasteiger partial charge is 0.454 e. The van der Waals surface area contributed by atoms with E-state index in [0.717, 1.165) is 14.2 Å². The number of ether oxygens (including phenoxy) is 2. The first-order valence-corrected chi connectivity index (χ1v) is 13.1. The van der Waals surface area contributed by atoms with Crippen molar-refractivity contribution in [2.24, 2.45) is 0 Å². The van der Waals surface area contributed by atoms with E-state index in [1.54, 1.807) is 0 Å². The molecule has 1 aliphatic rings. The Balaban J connectivity index is 1.59. The van der Waals surface area contributed by atoms with E-state index < -0.39 is 10.0 Å². The van der Waals surface area contributed by atoms with Gasteiger partial charge in [0.15, 0.2) is 33.6 Å². The van der Waals surface area contributed by atoms with E-state index in [2.05, 4.69) is 42.3 Å². The van der Waals surface area contributed by atoms with E-state index in [-0.39, 0.29) is 12.5 Å². The lowest BCUT2D eigenvalue weighted by molar-refractivity contribution is 0.174. The number of nitrogens with two attached hydrogens (primary N) is 1. The Morgan fingerprint density at radius 2 is 2.06 bits per heavy atom. The van der Waals surface area contributed by atoms with Crippen molar-refractivity contribution in [3.8, 4) is 11.5 Å². The van der Waals surface area contributed by atoms with Gasteiger partial charge < -0.3 is 19.8 Å². The van der Waals surface area contributed by atoms with Crippen LogP contribution in [0.3, 0.4) is 0 Å². The van der Waals surface area contributed by atoms with Crippen molar-refractivity contribution in [3.05, 3.63) is 22.0 Å². The highest BCUT2D eigenvalue weighted by Gasteiger charge is 2.21. The smallest absolute Gasteiger partial charge is 0.231 e. The Morgan fingerprint density at radius 1 is 1.29 bits per heavy atom. The van der Waals surface area contributed by atoms with Crippen LogP contribution in [0.5, 0.6) is 11.5 Å². The molecule has 0 saturated heterocycles. The first-order chi connectivity index (χ1) is 14.9. The molecule has 1 aromatic carbocycles. The summed E-state index contributed by atoms with van der Waals surface area (Å²) in [5.74, 6) is 1.83. The zero-order valence-corrected chi connectivity index (χ0v) is 20.5. The maximum Gasteiger partial charge on any atom is 0.231 e. The van der Waals surface area contributed by atoms with Crippen LogP contribution in [0.2, 0.25) is 0 Å². The van der Waals surface area contributed by atoms with Gasteiger partial charge in [0.2, 0.25) is 16.8 Å². The van der Waals surface area contributed by atoms with E-state index in [9.17, 15) is 8.42 Å². The quantitative estimate of drug-likeness (QED) is 0.291. The van der Waals surface area contributed by atoms with Gasteiger partial charge in [-0.25, -0.2) is 28.1 Å². The summed E-state index contributed by atoms with van der Waals surface area (Å²) in [7, 11) is -3.24. The van der Waals surface area contributed by atoms with Crippen molar-refractivity contribution in [2.75, 3.05) is 24.8 Å². The fourth-order valence-electron chi connectivity index (χ4n) is 3.09. The molecule has 0 aliphatic carbocycles. The van der Waals surface area contributed by atoms with Crippen LogP contribution >= 0.6 is 34.4 Å². The Hall–Kier alpha value is -1.84. The second-order valence-electron chi connectivity index (χ2n) is 6.78. The second kappa shape index (κ2) is 9.34. The summed E-state index contributed by atoms with van der Waals surface area (Å²) in [5.41, 5.74) is 7.15. The third-order valence-corrected chi connectivity index (χ3v) is 8.41. The lowest BCUT2D eigenvalue weighted by Gasteiger charge is -2.10. The third kappa shape index (κ3) is 4.99. The number of aromatic nitrogens is 4. The van der Waals surface area contributed by atoms with Crippen LogP contribution in [0.15, 0.2) is 28.5 Å². The zero-order chi connectivity index (χ0) is 22.0. The lowest BCUT2D eigenvalue weighted by Crippen LogP contribution is -2.27. The van der Waals surface area contributed by atoms with E-state index in [1.165, 1.54) is 18.1 Å². The zero-order valence-electron chi connectivity index (χ0n) is 16.7. The van der Waals surface area contributed by atoms with Gasteiger partial charge >= 0.3 is 0 Å². The molecule has 31 heavy (non-hydrogen) atoms. The molecule has 3 heterocycles. The predicted molar refractivity (Wildman–Crippen MR) is 126 cm³/mol. The maximum atomic E-state index is 11.9. The van der Waals surface area contributed by atoms with Crippen LogP contribution in [0.1, 0.15) is 19.8 Å². The second-order valence-corrected chi connectivity index (χ2v) is 10.9. The summed E-state index contributed by atoms with van der Waals surface area (Å²) in [6, 6.07) is 3.85. The van der Waals surface area contributed by atoms with Crippen LogP contribution in [0.25, 0.3) is 11.2 Å². The molecule has 2 aromatic heterocycles. The fourth-order valence-corrected chi connectivity index (χ4v) is 5.94. The summed E-state index contributed by atoms with van der Waals surface area (Å²) in [6.07, 6.45) is 2.55. The van der Waals surface area contributed by atoms with Crippen LogP contribution in [-0.4, -0.2) is 47.0 Å². The summed E-state index contributed by atoms with van der Waals surface area (Å²) < 4.78 is 40.3. The van der Waals surface area contributed by atoms with Gasteiger partial charge in [0.25, 0.3) is 0 Å². The number of hydrogen-bond donors (Lipinski definition) is 2. The Labute approximate surface area is 197 Å². The molecule has 0 radical (unpaired) electrons. The first kappa shape index (κ1) is 22.4. The summed E-state index contributed by atoms with van der Waals surface area (Å²) in [4.78, 5) is 14.0. The number of anilines is 1. The lowest BCUT2D eigenvalue weighted by atomic mass is 10.3. The normalized spacial score (nSPS) is 13.2. The number of nitrogens with zero attached hydrogens (tertiary/aromatic N) is 4. The number of imidazole rings is 1. The van der Waals surface area contributed by atoms with Gasteiger partial charge in [0, 0.05) is 21.6 Å².